The van der Waals surface area contributed by atoms with Crippen molar-refractivity contribution < 1.29 is 32.8 Å². The number of carbonyl (C=O) groups is 2. The van der Waals surface area contributed by atoms with Gasteiger partial charge in [0.05, 0.1) is 21.9 Å². The third-order valence-electron chi connectivity index (χ3n) is 8.66. The predicted octanol–water partition coefficient (Wildman–Crippen LogP) is 5.45. The molecule has 0 fully saturated rings. The van der Waals surface area contributed by atoms with Gasteiger partial charge < -0.3 is 19.9 Å². The van der Waals surface area contributed by atoms with E-state index in [1.807, 2.05) is 13.8 Å². The van der Waals surface area contributed by atoms with E-state index in [9.17, 15) is 27.9 Å². The van der Waals surface area contributed by atoms with Gasteiger partial charge in [-0.1, -0.05) is 34.9 Å². The molecule has 1 atom stereocenters. The molecule has 0 spiro atoms. The number of nitrogens with one attached hydrogen (secondary N) is 1. The minimum atomic E-state index is -3.52. The fourth-order valence-electron chi connectivity index (χ4n) is 6.54. The summed E-state index contributed by atoms with van der Waals surface area (Å²) >= 11 is 0. The smallest absolute Gasteiger partial charge is 0.277 e. The molecule has 2 aromatic carbocycles. The number of ketones is 2. The zero-order valence-corrected chi connectivity index (χ0v) is 30.1. The molecule has 0 radical (unpaired) electrons. The number of aryl methyl sites for hydroxylation is 4. The number of oxime groups is 2. The summed E-state index contributed by atoms with van der Waals surface area (Å²) in [5.74, 6) is -0.369. The standard InChI is InChI=1S/C20H27NO3.C16H17N3O5S/c1-6-16(21-24-7-2)20-17(22)10-15(11-18(20)23)19-13(4)8-12(3)9-14(19)5;1-9-10(15(20)11-8-17-19(2)16(11)21)4-5-13(25(3,22)23)14(9)12-6-7-24-18-12/h8-9,15,22H,6-7,10-11H2,1-5H3;4-5,8,17H,6-7H2,1-3H3/b21-16+;. The summed E-state index contributed by atoms with van der Waals surface area (Å²) in [6, 6.07) is 7.08. The van der Waals surface area contributed by atoms with Crippen LogP contribution >= 0.6 is 0 Å². The number of benzene rings is 2. The van der Waals surface area contributed by atoms with Crippen LogP contribution in [0.2, 0.25) is 0 Å². The van der Waals surface area contributed by atoms with Crippen molar-refractivity contribution in [3.05, 3.63) is 96.7 Å². The Kier molecular flexibility index (Phi) is 11.5. The molecule has 0 saturated heterocycles. The summed E-state index contributed by atoms with van der Waals surface area (Å²) in [7, 11) is -2.02. The molecular formula is C36H44N4O8S. The number of hydrogen-bond donors (Lipinski definition) is 2. The number of sulfone groups is 1. The van der Waals surface area contributed by atoms with Gasteiger partial charge >= 0.3 is 0 Å². The molecule has 13 heteroatoms. The molecule has 49 heavy (non-hydrogen) atoms. The van der Waals surface area contributed by atoms with Gasteiger partial charge in [0, 0.05) is 49.9 Å². The lowest BCUT2D eigenvalue weighted by Crippen LogP contribution is -2.24. The van der Waals surface area contributed by atoms with Gasteiger partial charge in [-0.2, -0.15) is 0 Å². The molecule has 2 aliphatic rings. The quantitative estimate of drug-likeness (QED) is 0.169. The van der Waals surface area contributed by atoms with E-state index < -0.39 is 21.2 Å². The normalized spacial score (nSPS) is 16.6. The Balaban J connectivity index is 0.000000221. The predicted molar refractivity (Wildman–Crippen MR) is 188 cm³/mol. The number of H-pyrrole nitrogens is 1. The van der Waals surface area contributed by atoms with Crippen molar-refractivity contribution in [1.82, 2.24) is 9.78 Å². The molecule has 262 valence electrons. The minimum Gasteiger partial charge on any atom is -0.511 e. The van der Waals surface area contributed by atoms with Crippen LogP contribution in [0, 0.1) is 27.7 Å². The number of hydrogen-bond acceptors (Lipinski definition) is 10. The lowest BCUT2D eigenvalue weighted by molar-refractivity contribution is -0.116. The first-order valence-electron chi connectivity index (χ1n) is 16.1. The molecule has 1 aromatic heterocycles. The van der Waals surface area contributed by atoms with Crippen molar-refractivity contribution in [3.8, 4) is 0 Å². The third-order valence-corrected chi connectivity index (χ3v) is 9.80. The number of rotatable bonds is 9. The summed E-state index contributed by atoms with van der Waals surface area (Å²) in [5.41, 5.74) is 6.77. The summed E-state index contributed by atoms with van der Waals surface area (Å²) in [4.78, 5) is 47.7. The number of allylic oxidation sites excluding steroid dienone is 2. The van der Waals surface area contributed by atoms with Gasteiger partial charge in [0.1, 0.15) is 24.5 Å². The highest BCUT2D eigenvalue weighted by molar-refractivity contribution is 7.90. The summed E-state index contributed by atoms with van der Waals surface area (Å²) in [5, 5.41) is 21.1. The molecule has 0 bridgehead atoms. The Bertz CT molecular complexity index is 2030. The van der Waals surface area contributed by atoms with Gasteiger partial charge in [-0.05, 0) is 81.3 Å². The number of aromatic amines is 1. The Morgan fingerprint density at radius 2 is 1.78 bits per heavy atom. The first kappa shape index (κ1) is 37.0. The van der Waals surface area contributed by atoms with E-state index in [1.54, 1.807) is 6.92 Å². The van der Waals surface area contributed by atoms with Crippen LogP contribution in [0.15, 0.2) is 61.8 Å². The highest BCUT2D eigenvalue weighted by Crippen LogP contribution is 2.38. The largest absolute Gasteiger partial charge is 0.511 e. The molecule has 2 N–H and O–H groups in total. The van der Waals surface area contributed by atoms with E-state index in [0.717, 1.165) is 6.26 Å². The highest BCUT2D eigenvalue weighted by atomic mass is 32.2. The van der Waals surface area contributed by atoms with Crippen molar-refractivity contribution in [2.75, 3.05) is 19.5 Å². The number of aliphatic hydroxyl groups is 1. The molecule has 5 rings (SSSR count). The summed E-state index contributed by atoms with van der Waals surface area (Å²) in [6.07, 6.45) is 4.31. The van der Waals surface area contributed by atoms with Crippen molar-refractivity contribution >= 4 is 32.8 Å². The Morgan fingerprint density at radius 1 is 1.10 bits per heavy atom. The second-order valence-corrected chi connectivity index (χ2v) is 14.3. The van der Waals surface area contributed by atoms with Crippen molar-refractivity contribution in [2.24, 2.45) is 17.4 Å². The maximum Gasteiger partial charge on any atom is 0.277 e. The lowest BCUT2D eigenvalue weighted by Gasteiger charge is -2.27. The van der Waals surface area contributed by atoms with Crippen LogP contribution in [0.3, 0.4) is 0 Å². The lowest BCUT2D eigenvalue weighted by atomic mass is 9.78. The van der Waals surface area contributed by atoms with Gasteiger partial charge in [0.15, 0.2) is 21.4 Å². The van der Waals surface area contributed by atoms with Crippen LogP contribution in [0.4, 0.5) is 0 Å². The Morgan fingerprint density at radius 3 is 2.29 bits per heavy atom. The van der Waals surface area contributed by atoms with Crippen molar-refractivity contribution in [1.29, 1.82) is 0 Å². The van der Waals surface area contributed by atoms with E-state index in [-0.39, 0.29) is 33.5 Å². The third kappa shape index (κ3) is 7.93. The molecule has 12 nitrogen and oxygen atoms in total. The van der Waals surface area contributed by atoms with Crippen LogP contribution < -0.4 is 5.56 Å². The first-order chi connectivity index (χ1) is 23.1. The molecule has 1 aliphatic heterocycles. The maximum atomic E-state index is 12.8. The van der Waals surface area contributed by atoms with Crippen LogP contribution in [0.5, 0.6) is 0 Å². The Labute approximate surface area is 286 Å². The average molecular weight is 693 g/mol. The topological polar surface area (TPSA) is 169 Å². The van der Waals surface area contributed by atoms with E-state index in [4.69, 9.17) is 9.68 Å². The SMILES string of the molecule is CCO/N=C(\CC)C1=C(O)CC(c2c(C)cc(C)cc2C)CC1=O.Cc1c(C(=O)c2c[nH]n(C)c2=O)ccc(S(C)(=O)=O)c1C1=NOCC1. The summed E-state index contributed by atoms with van der Waals surface area (Å²) < 4.78 is 25.5. The van der Waals surface area contributed by atoms with Crippen LogP contribution in [-0.2, 0) is 31.4 Å². The number of carbonyl (C=O) groups excluding carboxylic acids is 2. The van der Waals surface area contributed by atoms with Gasteiger partial charge in [-0.25, -0.2) is 8.42 Å². The average Bonchev–Trinajstić information content (AvgIpc) is 3.67. The van der Waals surface area contributed by atoms with Crippen LogP contribution in [-0.4, -0.2) is 65.8 Å². The second kappa shape index (κ2) is 15.2. The van der Waals surface area contributed by atoms with Gasteiger partial charge in [-0.3, -0.25) is 19.1 Å². The van der Waals surface area contributed by atoms with E-state index in [1.165, 1.54) is 52.3 Å². The van der Waals surface area contributed by atoms with Crippen LogP contribution in [0.25, 0.3) is 0 Å². The van der Waals surface area contributed by atoms with Crippen molar-refractivity contribution in [2.45, 2.75) is 78.0 Å². The van der Waals surface area contributed by atoms with E-state index in [2.05, 4.69) is 48.3 Å². The number of aromatic nitrogens is 2. The molecule has 1 unspecified atom stereocenters. The highest BCUT2D eigenvalue weighted by Gasteiger charge is 2.33. The fourth-order valence-corrected chi connectivity index (χ4v) is 7.50. The molecule has 0 saturated carbocycles. The van der Waals surface area contributed by atoms with E-state index in [0.29, 0.717) is 67.0 Å². The maximum absolute atomic E-state index is 12.8. The fraction of sp³-hybridized carbons (Fsp3) is 0.417. The monoisotopic (exact) mass is 692 g/mol. The first-order valence-corrected chi connectivity index (χ1v) is 18.0. The molecule has 3 aromatic rings. The van der Waals surface area contributed by atoms with Gasteiger partial charge in [-0.15, -0.1) is 0 Å². The zero-order valence-electron chi connectivity index (χ0n) is 29.3. The number of Topliss-reactive ketones (excluding diaryl/α,β-unsaturated/α-hetero) is 1. The number of aliphatic hydroxyl groups excluding tert-OH is 1. The molecule has 1 aliphatic carbocycles. The zero-order chi connectivity index (χ0) is 36.2. The van der Waals surface area contributed by atoms with E-state index >= 15 is 0 Å². The van der Waals surface area contributed by atoms with Crippen molar-refractivity contribution in [3.63, 3.8) is 0 Å². The minimum absolute atomic E-state index is 0.00623. The van der Waals surface area contributed by atoms with Crippen LogP contribution in [0.1, 0.15) is 94.8 Å². The summed E-state index contributed by atoms with van der Waals surface area (Å²) in [6.45, 7) is 12.4. The van der Waals surface area contributed by atoms with Gasteiger partial charge in [0.2, 0.25) is 0 Å². The molecule has 2 heterocycles. The number of nitrogens with zero attached hydrogens (tertiary/aromatic N) is 3. The molecule has 0 amide bonds. The Hall–Kier alpha value is -4.78. The second-order valence-electron chi connectivity index (χ2n) is 12.4. The molecular weight excluding hydrogens is 648 g/mol. The van der Waals surface area contributed by atoms with Gasteiger partial charge in [0.25, 0.3) is 5.56 Å².